The van der Waals surface area contributed by atoms with Gasteiger partial charge < -0.3 is 10.1 Å². The number of halogens is 1. The predicted molar refractivity (Wildman–Crippen MR) is 105 cm³/mol. The van der Waals surface area contributed by atoms with Gasteiger partial charge in [-0.15, -0.1) is 5.10 Å². The highest BCUT2D eigenvalue weighted by atomic mass is 35.5. The summed E-state index contributed by atoms with van der Waals surface area (Å²) < 4.78 is 6.59. The SMILES string of the molecule is CCOC(=O)c1cncc(-c2nc(Nc3ccc4[nH]ncc4c3Cl)n(C)n2)c1. The molecule has 142 valence electrons. The normalized spacial score (nSPS) is 11.0. The van der Waals surface area contributed by atoms with Crippen LogP contribution in [0.15, 0.2) is 36.8 Å². The lowest BCUT2D eigenvalue weighted by Gasteiger charge is -2.07. The molecule has 0 aliphatic rings. The molecule has 3 heterocycles. The Bertz CT molecular complexity index is 1170. The number of aryl methyl sites for hydroxylation is 1. The van der Waals surface area contributed by atoms with Crippen LogP contribution in [-0.2, 0) is 11.8 Å². The summed E-state index contributed by atoms with van der Waals surface area (Å²) in [6, 6.07) is 5.36. The summed E-state index contributed by atoms with van der Waals surface area (Å²) in [4.78, 5) is 20.5. The molecule has 0 aliphatic heterocycles. The highest BCUT2D eigenvalue weighted by molar-refractivity contribution is 6.38. The highest BCUT2D eigenvalue weighted by Crippen LogP contribution is 2.32. The van der Waals surface area contributed by atoms with E-state index < -0.39 is 5.97 Å². The van der Waals surface area contributed by atoms with Crippen molar-refractivity contribution >= 4 is 40.1 Å². The second-order valence-electron chi connectivity index (χ2n) is 5.95. The molecular weight excluding hydrogens is 382 g/mol. The van der Waals surface area contributed by atoms with E-state index in [-0.39, 0.29) is 0 Å². The molecule has 0 radical (unpaired) electrons. The van der Waals surface area contributed by atoms with E-state index in [2.05, 4.69) is 30.6 Å². The molecule has 3 aromatic heterocycles. The van der Waals surface area contributed by atoms with Crippen molar-refractivity contribution in [1.82, 2.24) is 29.9 Å². The first-order valence-electron chi connectivity index (χ1n) is 8.49. The van der Waals surface area contributed by atoms with Crippen molar-refractivity contribution in [3.05, 3.63) is 47.4 Å². The highest BCUT2D eigenvalue weighted by Gasteiger charge is 2.15. The Kier molecular flexibility index (Phi) is 4.66. The molecule has 0 saturated carbocycles. The number of fused-ring (bicyclic) bond motifs is 1. The smallest absolute Gasteiger partial charge is 0.339 e. The van der Waals surface area contributed by atoms with Gasteiger partial charge in [-0.2, -0.15) is 10.1 Å². The van der Waals surface area contributed by atoms with Crippen molar-refractivity contribution in [2.45, 2.75) is 6.92 Å². The Morgan fingerprint density at radius 2 is 2.18 bits per heavy atom. The fraction of sp³-hybridized carbons (Fsp3) is 0.167. The summed E-state index contributed by atoms with van der Waals surface area (Å²) in [7, 11) is 1.76. The van der Waals surface area contributed by atoms with Crippen LogP contribution in [0.4, 0.5) is 11.6 Å². The quantitative estimate of drug-likeness (QED) is 0.497. The van der Waals surface area contributed by atoms with E-state index in [4.69, 9.17) is 16.3 Å². The Morgan fingerprint density at radius 3 is 3.00 bits per heavy atom. The number of nitrogens with one attached hydrogen (secondary N) is 2. The Labute approximate surface area is 164 Å². The van der Waals surface area contributed by atoms with Crippen LogP contribution in [-0.4, -0.2) is 42.5 Å². The summed E-state index contributed by atoms with van der Waals surface area (Å²) >= 11 is 6.45. The third kappa shape index (κ3) is 3.27. The van der Waals surface area contributed by atoms with E-state index in [9.17, 15) is 4.79 Å². The number of esters is 1. The molecule has 0 aliphatic carbocycles. The van der Waals surface area contributed by atoms with Crippen LogP contribution in [0, 0.1) is 0 Å². The number of benzene rings is 1. The van der Waals surface area contributed by atoms with Gasteiger partial charge in [0.05, 0.1) is 34.6 Å². The molecule has 0 unspecified atom stereocenters. The average Bonchev–Trinajstić information content (AvgIpc) is 3.32. The Morgan fingerprint density at radius 1 is 1.32 bits per heavy atom. The van der Waals surface area contributed by atoms with Crippen LogP contribution in [0.5, 0.6) is 0 Å². The number of hydrogen-bond acceptors (Lipinski definition) is 7. The fourth-order valence-electron chi connectivity index (χ4n) is 2.70. The molecule has 0 amide bonds. The fourth-order valence-corrected chi connectivity index (χ4v) is 2.96. The monoisotopic (exact) mass is 397 g/mol. The topological polar surface area (TPSA) is 111 Å². The minimum absolute atomic E-state index is 0.292. The molecule has 0 fully saturated rings. The van der Waals surface area contributed by atoms with E-state index in [0.29, 0.717) is 40.2 Å². The summed E-state index contributed by atoms with van der Waals surface area (Å²) in [5, 5.41) is 15.8. The van der Waals surface area contributed by atoms with Crippen LogP contribution < -0.4 is 5.32 Å². The second-order valence-corrected chi connectivity index (χ2v) is 6.33. The van der Waals surface area contributed by atoms with E-state index in [1.54, 1.807) is 37.1 Å². The number of aromatic nitrogens is 6. The van der Waals surface area contributed by atoms with Crippen molar-refractivity contribution in [3.8, 4) is 11.4 Å². The maximum atomic E-state index is 11.9. The molecule has 9 nitrogen and oxygen atoms in total. The van der Waals surface area contributed by atoms with Crippen LogP contribution in [0.2, 0.25) is 5.02 Å². The standard InChI is InChI=1S/C18H16ClN7O2/c1-3-28-17(27)11-6-10(7-20-8-11)16-23-18(26(2)25-16)22-14-5-4-13-12(15(14)19)9-21-24-13/h4-9H,3H2,1-2H3,(H,21,24)(H,22,23,25). The van der Waals surface area contributed by atoms with E-state index in [1.807, 2.05) is 12.1 Å². The van der Waals surface area contributed by atoms with Gasteiger partial charge in [-0.25, -0.2) is 9.48 Å². The number of carbonyl (C=O) groups excluding carboxylic acids is 1. The molecule has 10 heteroatoms. The molecule has 0 saturated heterocycles. The summed E-state index contributed by atoms with van der Waals surface area (Å²) in [6.07, 6.45) is 4.70. The molecule has 0 atom stereocenters. The first-order chi connectivity index (χ1) is 13.6. The van der Waals surface area contributed by atoms with Gasteiger partial charge in [0.1, 0.15) is 0 Å². The molecule has 4 aromatic rings. The number of H-pyrrole nitrogens is 1. The van der Waals surface area contributed by atoms with Gasteiger partial charge in [-0.05, 0) is 25.1 Å². The molecule has 1 aromatic carbocycles. The lowest BCUT2D eigenvalue weighted by atomic mass is 10.2. The molecular formula is C18H16ClN7O2. The first kappa shape index (κ1) is 17.9. The maximum Gasteiger partial charge on any atom is 0.339 e. The number of anilines is 2. The van der Waals surface area contributed by atoms with E-state index in [1.165, 1.54) is 6.20 Å². The van der Waals surface area contributed by atoms with Gasteiger partial charge in [0, 0.05) is 30.4 Å². The number of aromatic amines is 1. The van der Waals surface area contributed by atoms with E-state index >= 15 is 0 Å². The Hall–Kier alpha value is -3.46. The lowest BCUT2D eigenvalue weighted by Crippen LogP contribution is -2.05. The third-order valence-electron chi connectivity index (χ3n) is 4.08. The zero-order valence-electron chi connectivity index (χ0n) is 15.1. The van der Waals surface area contributed by atoms with Gasteiger partial charge in [-0.1, -0.05) is 11.6 Å². The van der Waals surface area contributed by atoms with Crippen LogP contribution in [0.1, 0.15) is 17.3 Å². The number of pyridine rings is 1. The largest absolute Gasteiger partial charge is 0.462 e. The van der Waals surface area contributed by atoms with Gasteiger partial charge in [0.15, 0.2) is 5.82 Å². The lowest BCUT2D eigenvalue weighted by molar-refractivity contribution is 0.0526. The van der Waals surface area contributed by atoms with Gasteiger partial charge in [0.25, 0.3) is 0 Å². The van der Waals surface area contributed by atoms with E-state index in [0.717, 1.165) is 10.9 Å². The zero-order chi connectivity index (χ0) is 19.7. The summed E-state index contributed by atoms with van der Waals surface area (Å²) in [5.74, 6) is 0.469. The van der Waals surface area contributed by atoms with Crippen molar-refractivity contribution in [2.24, 2.45) is 7.05 Å². The van der Waals surface area contributed by atoms with Crippen LogP contribution in [0.25, 0.3) is 22.3 Å². The minimum atomic E-state index is -0.439. The van der Waals surface area contributed by atoms with Gasteiger partial charge in [-0.3, -0.25) is 10.1 Å². The third-order valence-corrected chi connectivity index (χ3v) is 4.48. The first-order valence-corrected chi connectivity index (χ1v) is 8.86. The number of ether oxygens (including phenoxy) is 1. The van der Waals surface area contributed by atoms with Gasteiger partial charge in [0.2, 0.25) is 5.95 Å². The molecule has 0 spiro atoms. The number of hydrogen-bond donors (Lipinski definition) is 2. The van der Waals surface area contributed by atoms with Crippen molar-refractivity contribution in [3.63, 3.8) is 0 Å². The average molecular weight is 398 g/mol. The van der Waals surface area contributed by atoms with Crippen molar-refractivity contribution in [2.75, 3.05) is 11.9 Å². The second kappa shape index (κ2) is 7.28. The number of rotatable bonds is 5. The maximum absolute atomic E-state index is 11.9. The van der Waals surface area contributed by atoms with Crippen LogP contribution >= 0.6 is 11.6 Å². The summed E-state index contributed by atoms with van der Waals surface area (Å²) in [6.45, 7) is 2.04. The molecule has 4 rings (SSSR count). The molecule has 0 bridgehead atoms. The Balaban J connectivity index is 1.64. The van der Waals surface area contributed by atoms with Crippen molar-refractivity contribution < 1.29 is 9.53 Å². The van der Waals surface area contributed by atoms with Gasteiger partial charge >= 0.3 is 5.97 Å². The zero-order valence-corrected chi connectivity index (χ0v) is 15.9. The molecule has 2 N–H and O–H groups in total. The van der Waals surface area contributed by atoms with Crippen molar-refractivity contribution in [1.29, 1.82) is 0 Å². The number of nitrogens with zero attached hydrogens (tertiary/aromatic N) is 5. The minimum Gasteiger partial charge on any atom is -0.462 e. The molecule has 28 heavy (non-hydrogen) atoms. The number of carbonyl (C=O) groups is 1. The summed E-state index contributed by atoms with van der Waals surface area (Å²) in [5.41, 5.74) is 2.47. The predicted octanol–water partition coefficient (Wildman–Crippen LogP) is 3.33. The van der Waals surface area contributed by atoms with Crippen LogP contribution in [0.3, 0.4) is 0 Å².